The lowest BCUT2D eigenvalue weighted by atomic mass is 9.73. The number of carbonyl (C=O) groups excluding carboxylic acids is 1. The molecule has 1 fully saturated rings. The Labute approximate surface area is 188 Å². The van der Waals surface area contributed by atoms with Crippen LogP contribution in [0.1, 0.15) is 38.7 Å². The van der Waals surface area contributed by atoms with Crippen molar-refractivity contribution in [1.82, 2.24) is 0 Å². The van der Waals surface area contributed by atoms with Crippen molar-refractivity contribution in [3.63, 3.8) is 0 Å². The minimum Gasteiger partial charge on any atom is -0.490 e. The number of rotatable bonds is 6. The molecule has 1 saturated heterocycles. The number of fused-ring (bicyclic) bond motifs is 1. The van der Waals surface area contributed by atoms with Crippen LogP contribution in [0.25, 0.3) is 10.8 Å². The van der Waals surface area contributed by atoms with Crippen molar-refractivity contribution in [2.75, 3.05) is 18.5 Å². The van der Waals surface area contributed by atoms with E-state index in [2.05, 4.69) is 19.2 Å². The first-order valence-electron chi connectivity index (χ1n) is 10.9. The molecule has 0 radical (unpaired) electrons. The Morgan fingerprint density at radius 1 is 1.06 bits per heavy atom. The second kappa shape index (κ2) is 9.29. The van der Waals surface area contributed by atoms with Gasteiger partial charge in [0.2, 0.25) is 5.91 Å². The SMILES string of the molecule is CC[C@@H](C)Oc1ccc(NC(=O)C2(c3ccc(Cl)cc3)CCOCC2)c2ccccc12. The number of amides is 1. The summed E-state index contributed by atoms with van der Waals surface area (Å²) in [5.74, 6) is 0.820. The molecule has 5 heteroatoms. The molecule has 0 aromatic heterocycles. The van der Waals surface area contributed by atoms with E-state index in [1.165, 1.54) is 0 Å². The van der Waals surface area contributed by atoms with Gasteiger partial charge in [0.05, 0.1) is 11.5 Å². The first kappa shape index (κ1) is 21.7. The van der Waals surface area contributed by atoms with Gasteiger partial charge in [-0.1, -0.05) is 54.9 Å². The molecule has 31 heavy (non-hydrogen) atoms. The maximum atomic E-state index is 13.7. The number of carbonyl (C=O) groups is 1. The second-order valence-corrected chi connectivity index (χ2v) is 8.59. The van der Waals surface area contributed by atoms with Crippen molar-refractivity contribution < 1.29 is 14.3 Å². The van der Waals surface area contributed by atoms with Crippen molar-refractivity contribution in [2.24, 2.45) is 0 Å². The molecule has 1 aliphatic heterocycles. The summed E-state index contributed by atoms with van der Waals surface area (Å²) in [6, 6.07) is 19.5. The number of anilines is 1. The molecule has 1 heterocycles. The van der Waals surface area contributed by atoms with Crippen LogP contribution in [0.4, 0.5) is 5.69 Å². The van der Waals surface area contributed by atoms with Crippen LogP contribution >= 0.6 is 11.6 Å². The smallest absolute Gasteiger partial charge is 0.235 e. The van der Waals surface area contributed by atoms with E-state index < -0.39 is 5.41 Å². The highest BCUT2D eigenvalue weighted by Crippen LogP contribution is 2.38. The average Bonchev–Trinajstić information content (AvgIpc) is 2.81. The van der Waals surface area contributed by atoms with Crippen molar-refractivity contribution in [3.05, 3.63) is 71.2 Å². The number of benzene rings is 3. The minimum atomic E-state index is -0.643. The van der Waals surface area contributed by atoms with Gasteiger partial charge in [0.1, 0.15) is 5.75 Å². The molecule has 0 aliphatic carbocycles. The van der Waals surface area contributed by atoms with Crippen LogP contribution in [0.15, 0.2) is 60.7 Å². The fourth-order valence-corrected chi connectivity index (χ4v) is 4.29. The van der Waals surface area contributed by atoms with E-state index in [4.69, 9.17) is 21.1 Å². The largest absolute Gasteiger partial charge is 0.490 e. The van der Waals surface area contributed by atoms with Crippen molar-refractivity contribution in [3.8, 4) is 5.75 Å². The van der Waals surface area contributed by atoms with E-state index in [1.54, 1.807) is 0 Å². The van der Waals surface area contributed by atoms with Gasteiger partial charge in [-0.25, -0.2) is 0 Å². The van der Waals surface area contributed by atoms with Gasteiger partial charge >= 0.3 is 0 Å². The summed E-state index contributed by atoms with van der Waals surface area (Å²) in [6.07, 6.45) is 2.32. The maximum absolute atomic E-state index is 13.7. The third kappa shape index (κ3) is 4.41. The van der Waals surface area contributed by atoms with Crippen LogP contribution in [0, 0.1) is 0 Å². The van der Waals surface area contributed by atoms with Crippen LogP contribution in [0.5, 0.6) is 5.75 Å². The van der Waals surface area contributed by atoms with Crippen molar-refractivity contribution >= 4 is 34.0 Å². The van der Waals surface area contributed by atoms with Crippen LogP contribution in [0.2, 0.25) is 5.02 Å². The fourth-order valence-electron chi connectivity index (χ4n) is 4.16. The van der Waals surface area contributed by atoms with E-state index in [-0.39, 0.29) is 12.0 Å². The topological polar surface area (TPSA) is 47.6 Å². The highest BCUT2D eigenvalue weighted by atomic mass is 35.5. The molecule has 0 saturated carbocycles. The molecule has 3 aromatic carbocycles. The quantitative estimate of drug-likeness (QED) is 0.488. The number of hydrogen-bond donors (Lipinski definition) is 1. The van der Waals surface area contributed by atoms with Crippen molar-refractivity contribution in [1.29, 1.82) is 0 Å². The van der Waals surface area contributed by atoms with Crippen LogP contribution < -0.4 is 10.1 Å². The Morgan fingerprint density at radius 2 is 1.74 bits per heavy atom. The molecule has 0 unspecified atom stereocenters. The highest BCUT2D eigenvalue weighted by Gasteiger charge is 2.41. The average molecular weight is 438 g/mol. The molecule has 4 nitrogen and oxygen atoms in total. The molecule has 0 bridgehead atoms. The van der Waals surface area contributed by atoms with Gasteiger partial charge in [0, 0.05) is 34.7 Å². The summed E-state index contributed by atoms with van der Waals surface area (Å²) in [7, 11) is 0. The van der Waals surface area contributed by atoms with E-state index in [9.17, 15) is 4.79 Å². The molecule has 1 amide bonds. The fraction of sp³-hybridized carbons (Fsp3) is 0.346. The lowest BCUT2D eigenvalue weighted by Gasteiger charge is -2.36. The first-order valence-corrected chi connectivity index (χ1v) is 11.2. The van der Waals surface area contributed by atoms with Crippen LogP contribution in [0.3, 0.4) is 0 Å². The van der Waals surface area contributed by atoms with E-state index in [0.29, 0.717) is 31.1 Å². The molecule has 162 valence electrons. The zero-order valence-corrected chi connectivity index (χ0v) is 18.7. The van der Waals surface area contributed by atoms with E-state index in [1.807, 2.05) is 60.7 Å². The molecule has 1 N–H and O–H groups in total. The second-order valence-electron chi connectivity index (χ2n) is 8.15. The Kier molecular flexibility index (Phi) is 6.49. The maximum Gasteiger partial charge on any atom is 0.235 e. The minimum absolute atomic E-state index is 0.0149. The molecule has 1 atom stereocenters. The normalized spacial score (nSPS) is 16.6. The van der Waals surface area contributed by atoms with Gasteiger partial charge in [0.15, 0.2) is 0 Å². The van der Waals surface area contributed by atoms with Gasteiger partial charge in [-0.05, 0) is 56.0 Å². The molecule has 4 rings (SSSR count). The number of hydrogen-bond acceptors (Lipinski definition) is 3. The molecule has 3 aromatic rings. The molecular formula is C26H28ClNO3. The number of nitrogens with one attached hydrogen (secondary N) is 1. The van der Waals surface area contributed by atoms with Gasteiger partial charge < -0.3 is 14.8 Å². The Balaban J connectivity index is 1.69. The Bertz CT molecular complexity index is 1060. The Hall–Kier alpha value is -2.56. The third-order valence-electron chi connectivity index (χ3n) is 6.21. The lowest BCUT2D eigenvalue weighted by Crippen LogP contribution is -2.44. The molecular weight excluding hydrogens is 410 g/mol. The monoisotopic (exact) mass is 437 g/mol. The Morgan fingerprint density at radius 3 is 2.42 bits per heavy atom. The highest BCUT2D eigenvalue weighted by molar-refractivity contribution is 6.30. The van der Waals surface area contributed by atoms with E-state index >= 15 is 0 Å². The predicted octanol–water partition coefficient (Wildman–Crippen LogP) is 6.36. The number of ether oxygens (including phenoxy) is 2. The summed E-state index contributed by atoms with van der Waals surface area (Å²) < 4.78 is 11.7. The van der Waals surface area contributed by atoms with Crippen molar-refractivity contribution in [2.45, 2.75) is 44.6 Å². The van der Waals surface area contributed by atoms with Gasteiger partial charge in [-0.2, -0.15) is 0 Å². The van der Waals surface area contributed by atoms with Gasteiger partial charge in [0.25, 0.3) is 0 Å². The molecule has 0 spiro atoms. The zero-order valence-electron chi connectivity index (χ0n) is 18.0. The zero-order chi connectivity index (χ0) is 21.8. The number of halogens is 1. The lowest BCUT2D eigenvalue weighted by molar-refractivity contribution is -0.125. The van der Waals surface area contributed by atoms with E-state index in [0.717, 1.165) is 34.2 Å². The van der Waals surface area contributed by atoms with Crippen LogP contribution in [-0.2, 0) is 14.9 Å². The third-order valence-corrected chi connectivity index (χ3v) is 6.47. The molecule has 1 aliphatic rings. The summed E-state index contributed by atoms with van der Waals surface area (Å²) >= 11 is 6.09. The van der Waals surface area contributed by atoms with Crippen LogP contribution in [-0.4, -0.2) is 25.2 Å². The summed E-state index contributed by atoms with van der Waals surface area (Å²) in [5.41, 5.74) is 1.12. The summed E-state index contributed by atoms with van der Waals surface area (Å²) in [5, 5.41) is 5.84. The first-order chi connectivity index (χ1) is 15.0. The summed E-state index contributed by atoms with van der Waals surface area (Å²) in [6.45, 7) is 5.27. The summed E-state index contributed by atoms with van der Waals surface area (Å²) in [4.78, 5) is 13.7. The van der Waals surface area contributed by atoms with Gasteiger partial charge in [-0.15, -0.1) is 0 Å². The predicted molar refractivity (Wildman–Crippen MR) is 126 cm³/mol. The van der Waals surface area contributed by atoms with Gasteiger partial charge in [-0.3, -0.25) is 4.79 Å². The standard InChI is InChI=1S/C26H28ClNO3/c1-3-18(2)31-24-13-12-23(21-6-4-5-7-22(21)24)28-25(29)26(14-16-30-17-15-26)19-8-10-20(27)11-9-19/h4-13,18H,3,14-17H2,1-2H3,(H,28,29)/t18-/m1/s1.